The molecule has 0 amide bonds. The van der Waals surface area contributed by atoms with Gasteiger partial charge in [-0.25, -0.2) is 0 Å². The van der Waals surface area contributed by atoms with Gasteiger partial charge < -0.3 is 10.1 Å². The topological polar surface area (TPSA) is 45.0 Å². The Hall–Kier alpha value is -1.02. The van der Waals surface area contributed by atoms with Crippen LogP contribution < -0.4 is 5.32 Å². The predicted molar refractivity (Wildman–Crippen MR) is 82.8 cm³/mol. The van der Waals surface area contributed by atoms with Gasteiger partial charge in [-0.1, -0.05) is 19.9 Å². The molecule has 1 aliphatic heterocycles. The van der Waals surface area contributed by atoms with E-state index in [1.807, 2.05) is 6.07 Å². The van der Waals surface area contributed by atoms with Crippen LogP contribution in [-0.4, -0.2) is 24.0 Å². The lowest BCUT2D eigenvalue weighted by Gasteiger charge is -2.15. The number of rotatable bonds is 5. The standard InChI is InChI=1S/C16H22N2OS/c1-11(2)18-10-13-4-5-16(14(8-13)9-17)20-15-6-7-19-12(15)3/h4-5,8,11-12,15,18H,6-7,10H2,1-3H3. The van der Waals surface area contributed by atoms with Gasteiger partial charge in [0.25, 0.3) is 0 Å². The quantitative estimate of drug-likeness (QED) is 0.903. The maximum absolute atomic E-state index is 9.35. The fourth-order valence-corrected chi connectivity index (χ4v) is 3.42. The zero-order valence-corrected chi connectivity index (χ0v) is 13.2. The highest BCUT2D eigenvalue weighted by atomic mass is 32.2. The molecule has 0 spiro atoms. The van der Waals surface area contributed by atoms with Crippen LogP contribution in [-0.2, 0) is 11.3 Å². The first-order valence-electron chi connectivity index (χ1n) is 7.15. The minimum atomic E-state index is 0.272. The van der Waals surface area contributed by atoms with Gasteiger partial charge in [0.1, 0.15) is 6.07 Å². The van der Waals surface area contributed by atoms with Crippen molar-refractivity contribution in [3.63, 3.8) is 0 Å². The zero-order chi connectivity index (χ0) is 14.5. The number of hydrogen-bond donors (Lipinski definition) is 1. The van der Waals surface area contributed by atoms with Crippen LogP contribution >= 0.6 is 11.8 Å². The SMILES string of the molecule is CC(C)NCc1ccc(SC2CCOC2C)c(C#N)c1. The molecule has 1 N–H and O–H groups in total. The van der Waals surface area contributed by atoms with Gasteiger partial charge in [-0.3, -0.25) is 0 Å². The number of ether oxygens (including phenoxy) is 1. The van der Waals surface area contributed by atoms with Gasteiger partial charge >= 0.3 is 0 Å². The summed E-state index contributed by atoms with van der Waals surface area (Å²) in [6.45, 7) is 7.99. The lowest BCUT2D eigenvalue weighted by Crippen LogP contribution is -2.21. The van der Waals surface area contributed by atoms with Crippen molar-refractivity contribution in [3.8, 4) is 6.07 Å². The van der Waals surface area contributed by atoms with Crippen LogP contribution in [0.25, 0.3) is 0 Å². The number of hydrogen-bond acceptors (Lipinski definition) is 4. The summed E-state index contributed by atoms with van der Waals surface area (Å²) in [5.74, 6) is 0. The summed E-state index contributed by atoms with van der Waals surface area (Å²) in [5.41, 5.74) is 1.94. The van der Waals surface area contributed by atoms with E-state index in [1.54, 1.807) is 11.8 Å². The Kier molecular flexibility index (Phi) is 5.47. The Balaban J connectivity index is 2.08. The van der Waals surface area contributed by atoms with Gasteiger partial charge in [-0.2, -0.15) is 5.26 Å². The average Bonchev–Trinajstić information content (AvgIpc) is 2.83. The average molecular weight is 290 g/mol. The van der Waals surface area contributed by atoms with Crippen LogP contribution in [0.4, 0.5) is 0 Å². The first kappa shape index (κ1) is 15.4. The number of nitriles is 1. The molecule has 2 rings (SSSR count). The molecule has 0 saturated carbocycles. The molecule has 1 aromatic rings. The third-order valence-corrected chi connectivity index (χ3v) is 5.00. The molecule has 1 fully saturated rings. The summed E-state index contributed by atoms with van der Waals surface area (Å²) in [6, 6.07) is 8.96. The first-order valence-corrected chi connectivity index (χ1v) is 8.02. The molecule has 1 aliphatic rings. The van der Waals surface area contributed by atoms with Gasteiger partial charge in [-0.05, 0) is 31.0 Å². The molecule has 0 aromatic heterocycles. The van der Waals surface area contributed by atoms with Gasteiger partial charge in [-0.15, -0.1) is 11.8 Å². The second-order valence-corrected chi connectivity index (χ2v) is 6.78. The van der Waals surface area contributed by atoms with Crippen molar-refractivity contribution in [2.45, 2.75) is 56.0 Å². The van der Waals surface area contributed by atoms with Crippen molar-refractivity contribution in [1.29, 1.82) is 5.26 Å². The van der Waals surface area contributed by atoms with Crippen LogP contribution in [0.5, 0.6) is 0 Å². The summed E-state index contributed by atoms with van der Waals surface area (Å²) in [7, 11) is 0. The summed E-state index contributed by atoms with van der Waals surface area (Å²) in [6.07, 6.45) is 1.33. The zero-order valence-electron chi connectivity index (χ0n) is 12.3. The van der Waals surface area contributed by atoms with E-state index in [9.17, 15) is 5.26 Å². The minimum Gasteiger partial charge on any atom is -0.377 e. The van der Waals surface area contributed by atoms with Gasteiger partial charge in [0.05, 0.1) is 11.7 Å². The Morgan fingerprint density at radius 1 is 1.50 bits per heavy atom. The van der Waals surface area contributed by atoms with E-state index in [2.05, 4.69) is 44.3 Å². The molecule has 1 aromatic carbocycles. The Morgan fingerprint density at radius 3 is 2.90 bits per heavy atom. The number of thioether (sulfide) groups is 1. The highest BCUT2D eigenvalue weighted by molar-refractivity contribution is 8.00. The van der Waals surface area contributed by atoms with Crippen LogP contribution in [0.1, 0.15) is 38.3 Å². The second kappa shape index (κ2) is 7.12. The summed E-state index contributed by atoms with van der Waals surface area (Å²) in [4.78, 5) is 1.07. The molecule has 20 heavy (non-hydrogen) atoms. The minimum absolute atomic E-state index is 0.272. The van der Waals surface area contributed by atoms with Crippen LogP contribution in [0.3, 0.4) is 0 Å². The monoisotopic (exact) mass is 290 g/mol. The van der Waals surface area contributed by atoms with Crippen LogP contribution in [0, 0.1) is 11.3 Å². The molecular weight excluding hydrogens is 268 g/mol. The highest BCUT2D eigenvalue weighted by Gasteiger charge is 2.25. The fourth-order valence-electron chi connectivity index (χ4n) is 2.23. The smallest absolute Gasteiger partial charge is 0.100 e. The number of benzene rings is 1. The predicted octanol–water partition coefficient (Wildman–Crippen LogP) is 3.33. The second-order valence-electron chi connectivity index (χ2n) is 5.50. The molecule has 0 aliphatic carbocycles. The molecular formula is C16H22N2OS. The van der Waals surface area contributed by atoms with Crippen molar-refractivity contribution in [3.05, 3.63) is 29.3 Å². The van der Waals surface area contributed by atoms with Crippen LogP contribution in [0.15, 0.2) is 23.1 Å². The van der Waals surface area contributed by atoms with Crippen molar-refractivity contribution >= 4 is 11.8 Å². The third-order valence-electron chi connectivity index (χ3n) is 3.46. The van der Waals surface area contributed by atoms with E-state index in [0.717, 1.165) is 35.6 Å². The van der Waals surface area contributed by atoms with Gasteiger partial charge in [0.15, 0.2) is 0 Å². The third kappa shape index (κ3) is 3.99. The summed E-state index contributed by atoms with van der Waals surface area (Å²) >= 11 is 1.78. The Bertz CT molecular complexity index is 496. The molecule has 1 heterocycles. The van der Waals surface area contributed by atoms with Crippen molar-refractivity contribution in [1.82, 2.24) is 5.32 Å². The van der Waals surface area contributed by atoms with Crippen molar-refractivity contribution in [2.75, 3.05) is 6.61 Å². The maximum Gasteiger partial charge on any atom is 0.100 e. The van der Waals surface area contributed by atoms with Gasteiger partial charge in [0, 0.05) is 29.3 Å². The molecule has 0 bridgehead atoms. The highest BCUT2D eigenvalue weighted by Crippen LogP contribution is 2.34. The lowest BCUT2D eigenvalue weighted by molar-refractivity contribution is 0.127. The Labute approximate surface area is 125 Å². The van der Waals surface area contributed by atoms with E-state index >= 15 is 0 Å². The molecule has 108 valence electrons. The Morgan fingerprint density at radius 2 is 2.30 bits per heavy atom. The van der Waals surface area contributed by atoms with E-state index in [0.29, 0.717) is 11.3 Å². The molecule has 3 nitrogen and oxygen atoms in total. The largest absolute Gasteiger partial charge is 0.377 e. The van der Waals surface area contributed by atoms with E-state index in [-0.39, 0.29) is 6.10 Å². The first-order chi connectivity index (χ1) is 9.60. The molecule has 1 saturated heterocycles. The van der Waals surface area contributed by atoms with E-state index in [4.69, 9.17) is 4.74 Å². The van der Waals surface area contributed by atoms with Gasteiger partial charge in [0.2, 0.25) is 0 Å². The lowest BCUT2D eigenvalue weighted by atomic mass is 10.1. The summed E-state index contributed by atoms with van der Waals surface area (Å²) in [5, 5.41) is 13.2. The van der Waals surface area contributed by atoms with Crippen molar-refractivity contribution < 1.29 is 4.74 Å². The maximum atomic E-state index is 9.35. The molecule has 2 unspecified atom stereocenters. The van der Waals surface area contributed by atoms with Crippen LogP contribution in [0.2, 0.25) is 0 Å². The van der Waals surface area contributed by atoms with E-state index < -0.39 is 0 Å². The molecule has 4 heteroatoms. The fraction of sp³-hybridized carbons (Fsp3) is 0.562. The number of nitrogens with one attached hydrogen (secondary N) is 1. The van der Waals surface area contributed by atoms with E-state index in [1.165, 1.54) is 0 Å². The summed E-state index contributed by atoms with van der Waals surface area (Å²) < 4.78 is 5.59. The molecule has 2 atom stereocenters. The number of nitrogens with zero attached hydrogens (tertiary/aromatic N) is 1. The molecule has 0 radical (unpaired) electrons. The normalized spacial score (nSPS) is 22.1. The van der Waals surface area contributed by atoms with Crippen molar-refractivity contribution in [2.24, 2.45) is 0 Å².